The van der Waals surface area contributed by atoms with Gasteiger partial charge < -0.3 is 10.3 Å². The number of pyridine rings is 1. The van der Waals surface area contributed by atoms with E-state index in [1.165, 1.54) is 0 Å². The topological polar surface area (TPSA) is 77.8 Å². The first kappa shape index (κ1) is 12.3. The Kier molecular flexibility index (Phi) is 3.55. The smallest absolute Gasteiger partial charge is 0.229 e. The van der Waals surface area contributed by atoms with Gasteiger partial charge in [-0.05, 0) is 43.4 Å². The van der Waals surface area contributed by atoms with Crippen molar-refractivity contribution in [2.75, 3.05) is 0 Å². The lowest BCUT2D eigenvalue weighted by Gasteiger charge is -2.22. The lowest BCUT2D eigenvalue weighted by Crippen LogP contribution is -2.25. The Bertz CT molecular complexity index is 517. The van der Waals surface area contributed by atoms with Crippen molar-refractivity contribution in [3.63, 3.8) is 0 Å². The third-order valence-corrected chi connectivity index (χ3v) is 3.72. The van der Waals surface area contributed by atoms with Crippen LogP contribution in [0, 0.1) is 0 Å². The van der Waals surface area contributed by atoms with Crippen LogP contribution < -0.4 is 5.73 Å². The number of aromatic nitrogens is 3. The maximum Gasteiger partial charge on any atom is 0.229 e. The third-order valence-electron chi connectivity index (χ3n) is 3.72. The summed E-state index contributed by atoms with van der Waals surface area (Å²) in [6, 6.07) is 4.28. The molecule has 2 heterocycles. The molecule has 1 aliphatic rings. The van der Waals surface area contributed by atoms with Crippen LogP contribution in [0.15, 0.2) is 29.0 Å². The Morgan fingerprint density at radius 2 is 1.89 bits per heavy atom. The normalized spacial score (nSPS) is 23.4. The number of nitrogens with zero attached hydrogens (tertiary/aromatic N) is 3. The van der Waals surface area contributed by atoms with Crippen LogP contribution >= 0.6 is 0 Å². The SMILES string of the molecule is NC1CCC(c2nc(Cc3ccncc3)no2)CC1. The molecule has 1 fully saturated rings. The molecular formula is C14H18N4O. The van der Waals surface area contributed by atoms with Gasteiger partial charge >= 0.3 is 0 Å². The van der Waals surface area contributed by atoms with Gasteiger partial charge in [-0.1, -0.05) is 5.16 Å². The Morgan fingerprint density at radius 3 is 2.63 bits per heavy atom. The van der Waals surface area contributed by atoms with Gasteiger partial charge in [0.2, 0.25) is 5.89 Å². The van der Waals surface area contributed by atoms with Gasteiger partial charge in [-0.2, -0.15) is 4.98 Å². The fourth-order valence-electron chi connectivity index (χ4n) is 2.55. The second-order valence-corrected chi connectivity index (χ2v) is 5.19. The quantitative estimate of drug-likeness (QED) is 0.911. The minimum absolute atomic E-state index is 0.343. The molecule has 0 radical (unpaired) electrons. The van der Waals surface area contributed by atoms with Gasteiger partial charge in [0, 0.05) is 30.8 Å². The standard InChI is InChI=1S/C14H18N4O/c15-12-3-1-11(2-4-12)14-17-13(18-19-14)9-10-5-7-16-8-6-10/h5-8,11-12H,1-4,9,15H2. The summed E-state index contributed by atoms with van der Waals surface area (Å²) in [6.07, 6.45) is 8.45. The molecular weight excluding hydrogens is 240 g/mol. The number of nitrogens with two attached hydrogens (primary N) is 1. The maximum atomic E-state index is 5.91. The van der Waals surface area contributed by atoms with Gasteiger partial charge in [0.1, 0.15) is 0 Å². The Labute approximate surface area is 112 Å². The highest BCUT2D eigenvalue weighted by Gasteiger charge is 2.24. The molecule has 0 unspecified atom stereocenters. The molecule has 0 aliphatic heterocycles. The summed E-state index contributed by atoms with van der Waals surface area (Å²) in [5.41, 5.74) is 7.06. The molecule has 0 bridgehead atoms. The number of hydrogen-bond acceptors (Lipinski definition) is 5. The Balaban J connectivity index is 1.66. The maximum absolute atomic E-state index is 5.91. The van der Waals surface area contributed by atoms with Crippen LogP contribution in [0.5, 0.6) is 0 Å². The molecule has 2 aromatic rings. The summed E-state index contributed by atoms with van der Waals surface area (Å²) in [6.45, 7) is 0. The largest absolute Gasteiger partial charge is 0.339 e. The first-order valence-electron chi connectivity index (χ1n) is 6.78. The molecule has 1 saturated carbocycles. The second-order valence-electron chi connectivity index (χ2n) is 5.19. The minimum atomic E-state index is 0.343. The molecule has 2 aromatic heterocycles. The van der Waals surface area contributed by atoms with E-state index in [1.54, 1.807) is 12.4 Å². The van der Waals surface area contributed by atoms with E-state index in [0.717, 1.165) is 43.0 Å². The Hall–Kier alpha value is -1.75. The molecule has 1 aliphatic carbocycles. The van der Waals surface area contributed by atoms with Crippen LogP contribution in [-0.4, -0.2) is 21.2 Å². The van der Waals surface area contributed by atoms with Gasteiger partial charge in [0.15, 0.2) is 5.82 Å². The predicted molar refractivity (Wildman–Crippen MR) is 70.5 cm³/mol. The van der Waals surface area contributed by atoms with Crippen molar-refractivity contribution < 1.29 is 4.52 Å². The summed E-state index contributed by atoms with van der Waals surface area (Å²) < 4.78 is 5.39. The lowest BCUT2D eigenvalue weighted by atomic mass is 9.86. The average Bonchev–Trinajstić information content (AvgIpc) is 2.89. The summed E-state index contributed by atoms with van der Waals surface area (Å²) >= 11 is 0. The fraction of sp³-hybridized carbons (Fsp3) is 0.500. The van der Waals surface area contributed by atoms with E-state index in [2.05, 4.69) is 15.1 Å². The van der Waals surface area contributed by atoms with Crippen LogP contribution in [0.4, 0.5) is 0 Å². The van der Waals surface area contributed by atoms with E-state index < -0.39 is 0 Å². The van der Waals surface area contributed by atoms with E-state index in [9.17, 15) is 0 Å². The highest BCUT2D eigenvalue weighted by Crippen LogP contribution is 2.31. The van der Waals surface area contributed by atoms with Gasteiger partial charge in [-0.15, -0.1) is 0 Å². The highest BCUT2D eigenvalue weighted by molar-refractivity contribution is 5.15. The first-order valence-corrected chi connectivity index (χ1v) is 6.78. The summed E-state index contributed by atoms with van der Waals surface area (Å²) in [5.74, 6) is 1.91. The van der Waals surface area contributed by atoms with Crippen molar-refractivity contribution in [1.82, 2.24) is 15.1 Å². The molecule has 5 heteroatoms. The zero-order valence-corrected chi connectivity index (χ0v) is 10.8. The monoisotopic (exact) mass is 258 g/mol. The van der Waals surface area contributed by atoms with Gasteiger partial charge in [0.05, 0.1) is 0 Å². The summed E-state index contributed by atoms with van der Waals surface area (Å²) in [5, 5.41) is 4.07. The minimum Gasteiger partial charge on any atom is -0.339 e. The van der Waals surface area contributed by atoms with Crippen LogP contribution in [0.25, 0.3) is 0 Å². The fourth-order valence-corrected chi connectivity index (χ4v) is 2.55. The van der Waals surface area contributed by atoms with E-state index in [1.807, 2.05) is 12.1 Å². The summed E-state index contributed by atoms with van der Waals surface area (Å²) in [7, 11) is 0. The van der Waals surface area contributed by atoms with Gasteiger partial charge in [0.25, 0.3) is 0 Å². The summed E-state index contributed by atoms with van der Waals surface area (Å²) in [4.78, 5) is 8.51. The molecule has 0 aromatic carbocycles. The predicted octanol–water partition coefficient (Wildman–Crippen LogP) is 2.04. The molecule has 0 atom stereocenters. The van der Waals surface area contributed by atoms with Crippen molar-refractivity contribution in [3.05, 3.63) is 41.8 Å². The van der Waals surface area contributed by atoms with E-state index in [4.69, 9.17) is 10.3 Å². The molecule has 0 spiro atoms. The van der Waals surface area contributed by atoms with Crippen molar-refractivity contribution >= 4 is 0 Å². The van der Waals surface area contributed by atoms with Crippen LogP contribution in [0.1, 0.15) is 48.9 Å². The van der Waals surface area contributed by atoms with Crippen LogP contribution in [0.3, 0.4) is 0 Å². The van der Waals surface area contributed by atoms with Crippen molar-refractivity contribution in [2.45, 2.75) is 44.1 Å². The second kappa shape index (κ2) is 5.48. The van der Waals surface area contributed by atoms with Gasteiger partial charge in [-0.25, -0.2) is 0 Å². The molecule has 100 valence electrons. The number of hydrogen-bond donors (Lipinski definition) is 1. The Morgan fingerprint density at radius 1 is 1.16 bits per heavy atom. The highest BCUT2D eigenvalue weighted by atomic mass is 16.5. The van der Waals surface area contributed by atoms with E-state index >= 15 is 0 Å². The molecule has 5 nitrogen and oxygen atoms in total. The molecule has 3 rings (SSSR count). The van der Waals surface area contributed by atoms with Crippen LogP contribution in [-0.2, 0) is 6.42 Å². The molecule has 0 amide bonds. The molecule has 19 heavy (non-hydrogen) atoms. The van der Waals surface area contributed by atoms with Crippen molar-refractivity contribution in [3.8, 4) is 0 Å². The zero-order chi connectivity index (χ0) is 13.1. The molecule has 0 saturated heterocycles. The molecule has 2 N–H and O–H groups in total. The van der Waals surface area contributed by atoms with Crippen molar-refractivity contribution in [1.29, 1.82) is 0 Å². The van der Waals surface area contributed by atoms with E-state index in [-0.39, 0.29) is 0 Å². The lowest BCUT2D eigenvalue weighted by molar-refractivity contribution is 0.300. The number of rotatable bonds is 3. The zero-order valence-electron chi connectivity index (χ0n) is 10.8. The third kappa shape index (κ3) is 2.98. The first-order chi connectivity index (χ1) is 9.31. The van der Waals surface area contributed by atoms with E-state index in [0.29, 0.717) is 18.4 Å². The van der Waals surface area contributed by atoms with Gasteiger partial charge in [-0.3, -0.25) is 4.98 Å². The average molecular weight is 258 g/mol. The van der Waals surface area contributed by atoms with Crippen molar-refractivity contribution in [2.24, 2.45) is 5.73 Å². The van der Waals surface area contributed by atoms with Crippen LogP contribution in [0.2, 0.25) is 0 Å².